The molecule has 0 fully saturated rings. The van der Waals surface area contributed by atoms with Gasteiger partial charge in [0.1, 0.15) is 11.1 Å². The van der Waals surface area contributed by atoms with Crippen molar-refractivity contribution in [1.82, 2.24) is 24.6 Å². The zero-order valence-electron chi connectivity index (χ0n) is 25.0. The number of carbonyl (C=O) groups excluding carboxylic acids is 1. The first-order valence-corrected chi connectivity index (χ1v) is 15.4. The highest BCUT2D eigenvalue weighted by Crippen LogP contribution is 2.44. The Hall–Kier alpha value is -3.98. The fourth-order valence-corrected chi connectivity index (χ4v) is 6.55. The van der Waals surface area contributed by atoms with Gasteiger partial charge in [0.15, 0.2) is 11.4 Å². The summed E-state index contributed by atoms with van der Waals surface area (Å²) in [6.07, 6.45) is 7.58. The van der Waals surface area contributed by atoms with Gasteiger partial charge in [0, 0.05) is 51.4 Å². The molecule has 0 aliphatic carbocycles. The molecule has 0 unspecified atom stereocenters. The standard InChI is InChI=1S/C34H32ClN5O2S/c1-7-21-17-38-40-18-24(16-37-32(21)40)26-15-23(12-13-36-26)33-39-27-14-19(2)28(30(20(3)41)42-34(4,5)6)29(31(27)43-33)22-8-10-25(35)11-9-22/h8-18,30H,7H2,1-6H3/t30-/m1/s1. The number of halogens is 1. The molecule has 0 saturated carbocycles. The van der Waals surface area contributed by atoms with Crippen LogP contribution in [0.15, 0.2) is 67.3 Å². The van der Waals surface area contributed by atoms with Gasteiger partial charge in [-0.15, -0.1) is 11.3 Å². The second-order valence-electron chi connectivity index (χ2n) is 11.6. The van der Waals surface area contributed by atoms with Gasteiger partial charge in [0.2, 0.25) is 0 Å². The van der Waals surface area contributed by atoms with Crippen molar-refractivity contribution in [3.8, 4) is 33.0 Å². The lowest BCUT2D eigenvalue weighted by atomic mass is 9.90. The molecule has 43 heavy (non-hydrogen) atoms. The average Bonchev–Trinajstić information content (AvgIpc) is 3.59. The Morgan fingerprint density at radius 2 is 1.81 bits per heavy atom. The highest BCUT2D eigenvalue weighted by atomic mass is 35.5. The molecular weight excluding hydrogens is 578 g/mol. The molecule has 9 heteroatoms. The summed E-state index contributed by atoms with van der Waals surface area (Å²) in [6, 6.07) is 13.8. The van der Waals surface area contributed by atoms with Gasteiger partial charge in [-0.1, -0.05) is 30.7 Å². The van der Waals surface area contributed by atoms with Crippen molar-refractivity contribution >= 4 is 44.6 Å². The van der Waals surface area contributed by atoms with Crippen molar-refractivity contribution in [3.63, 3.8) is 0 Å². The number of ether oxygens (including phenoxy) is 1. The van der Waals surface area contributed by atoms with E-state index in [1.54, 1.807) is 29.0 Å². The fourth-order valence-electron chi connectivity index (χ4n) is 5.30. The summed E-state index contributed by atoms with van der Waals surface area (Å²) in [5.41, 5.74) is 8.57. The van der Waals surface area contributed by atoms with Gasteiger partial charge in [-0.3, -0.25) is 9.78 Å². The number of carbonyl (C=O) groups is 1. The van der Waals surface area contributed by atoms with Crippen LogP contribution in [0.25, 0.3) is 48.8 Å². The first-order chi connectivity index (χ1) is 20.5. The van der Waals surface area contributed by atoms with Crippen molar-refractivity contribution in [2.45, 2.75) is 59.7 Å². The van der Waals surface area contributed by atoms with Gasteiger partial charge in [-0.25, -0.2) is 14.5 Å². The third-order valence-corrected chi connectivity index (χ3v) is 8.67. The summed E-state index contributed by atoms with van der Waals surface area (Å²) < 4.78 is 9.16. The largest absolute Gasteiger partial charge is 0.360 e. The maximum absolute atomic E-state index is 13.1. The van der Waals surface area contributed by atoms with Gasteiger partial charge in [-0.05, 0) is 82.5 Å². The number of pyridine rings is 1. The molecule has 0 aliphatic rings. The average molecular weight is 610 g/mol. The van der Waals surface area contributed by atoms with Crippen LogP contribution < -0.4 is 0 Å². The number of benzene rings is 2. The Morgan fingerprint density at radius 3 is 2.51 bits per heavy atom. The second kappa shape index (κ2) is 11.3. The number of aryl methyl sites for hydroxylation is 2. The van der Waals surface area contributed by atoms with Crippen LogP contribution in [0.4, 0.5) is 0 Å². The smallest absolute Gasteiger partial charge is 0.163 e. The molecule has 6 aromatic rings. The van der Waals surface area contributed by atoms with Crippen LogP contribution in [0.2, 0.25) is 5.02 Å². The summed E-state index contributed by atoms with van der Waals surface area (Å²) in [5.74, 6) is -0.0510. The van der Waals surface area contributed by atoms with E-state index < -0.39 is 11.7 Å². The van der Waals surface area contributed by atoms with E-state index in [0.29, 0.717) is 5.02 Å². The molecule has 2 aromatic carbocycles. The van der Waals surface area contributed by atoms with Crippen LogP contribution in [-0.2, 0) is 16.0 Å². The quantitative estimate of drug-likeness (QED) is 0.180. The van der Waals surface area contributed by atoms with Crippen molar-refractivity contribution in [1.29, 1.82) is 0 Å². The predicted molar refractivity (Wildman–Crippen MR) is 174 cm³/mol. The fraction of sp³-hybridized carbons (Fsp3) is 0.265. The molecule has 0 saturated heterocycles. The van der Waals surface area contributed by atoms with Crippen molar-refractivity contribution in [3.05, 3.63) is 89.0 Å². The first-order valence-electron chi connectivity index (χ1n) is 14.2. The lowest BCUT2D eigenvalue weighted by Gasteiger charge is -2.29. The Morgan fingerprint density at radius 1 is 1.05 bits per heavy atom. The number of aromatic nitrogens is 5. The lowest BCUT2D eigenvalue weighted by Crippen LogP contribution is -2.27. The molecular formula is C34H32ClN5O2S. The number of ketones is 1. The molecule has 6 rings (SSSR count). The zero-order chi connectivity index (χ0) is 30.5. The molecule has 0 aliphatic heterocycles. The molecule has 4 aromatic heterocycles. The minimum atomic E-state index is -0.730. The van der Waals surface area contributed by atoms with E-state index in [4.69, 9.17) is 21.3 Å². The molecule has 0 bridgehead atoms. The van der Waals surface area contributed by atoms with Crippen molar-refractivity contribution in [2.24, 2.45) is 0 Å². The van der Waals surface area contributed by atoms with Gasteiger partial charge in [0.25, 0.3) is 0 Å². The number of rotatable bonds is 7. The van der Waals surface area contributed by atoms with E-state index >= 15 is 0 Å². The van der Waals surface area contributed by atoms with Crippen molar-refractivity contribution < 1.29 is 9.53 Å². The zero-order valence-corrected chi connectivity index (χ0v) is 26.5. The minimum absolute atomic E-state index is 0.0510. The molecule has 0 N–H and O–H groups in total. The number of Topliss-reactive ketones (excluding diaryl/α,β-unsaturated/α-hetero) is 1. The van der Waals surface area contributed by atoms with Crippen molar-refractivity contribution in [2.75, 3.05) is 0 Å². The highest BCUT2D eigenvalue weighted by Gasteiger charge is 2.30. The van der Waals surface area contributed by atoms with Gasteiger partial charge in [0.05, 0.1) is 27.7 Å². The Balaban J connectivity index is 1.51. The third-order valence-electron chi connectivity index (χ3n) is 7.28. The van der Waals surface area contributed by atoms with Gasteiger partial charge < -0.3 is 4.74 Å². The number of hydrogen-bond acceptors (Lipinski definition) is 7. The van der Waals surface area contributed by atoms with Crippen LogP contribution in [0, 0.1) is 6.92 Å². The highest BCUT2D eigenvalue weighted by molar-refractivity contribution is 7.22. The van der Waals surface area contributed by atoms with E-state index in [1.807, 2.05) is 82.7 Å². The van der Waals surface area contributed by atoms with E-state index in [9.17, 15) is 4.79 Å². The number of fused-ring (bicyclic) bond motifs is 2. The first kappa shape index (κ1) is 29.1. The second-order valence-corrected chi connectivity index (χ2v) is 13.1. The maximum Gasteiger partial charge on any atom is 0.163 e. The van der Waals surface area contributed by atoms with Crippen LogP contribution in [0.3, 0.4) is 0 Å². The van der Waals surface area contributed by atoms with Crippen LogP contribution >= 0.6 is 22.9 Å². The van der Waals surface area contributed by atoms with E-state index in [0.717, 1.165) is 71.9 Å². The molecule has 218 valence electrons. The number of hydrogen-bond donors (Lipinski definition) is 0. The number of thiazole rings is 1. The van der Waals surface area contributed by atoms with E-state index in [2.05, 4.69) is 28.1 Å². The molecule has 0 spiro atoms. The topological polar surface area (TPSA) is 82.3 Å². The maximum atomic E-state index is 13.1. The van der Waals surface area contributed by atoms with E-state index in [-0.39, 0.29) is 5.78 Å². The van der Waals surface area contributed by atoms with Crippen LogP contribution in [0.1, 0.15) is 57.4 Å². The Kier molecular flexibility index (Phi) is 7.62. The summed E-state index contributed by atoms with van der Waals surface area (Å²) >= 11 is 7.86. The molecule has 4 heterocycles. The summed E-state index contributed by atoms with van der Waals surface area (Å²) in [6.45, 7) is 11.6. The molecule has 7 nitrogen and oxygen atoms in total. The van der Waals surface area contributed by atoms with Gasteiger partial charge >= 0.3 is 0 Å². The summed E-state index contributed by atoms with van der Waals surface area (Å²) in [4.78, 5) is 27.4. The normalized spacial score (nSPS) is 12.7. The van der Waals surface area contributed by atoms with Crippen LogP contribution in [0.5, 0.6) is 0 Å². The molecule has 1 atom stereocenters. The third kappa shape index (κ3) is 5.70. The lowest BCUT2D eigenvalue weighted by molar-refractivity contribution is -0.138. The number of nitrogens with zero attached hydrogens (tertiary/aromatic N) is 5. The molecule has 0 radical (unpaired) electrons. The minimum Gasteiger partial charge on any atom is -0.360 e. The summed E-state index contributed by atoms with van der Waals surface area (Å²) in [7, 11) is 0. The molecule has 0 amide bonds. The Labute approximate surface area is 259 Å². The summed E-state index contributed by atoms with van der Waals surface area (Å²) in [5, 5.41) is 5.96. The van der Waals surface area contributed by atoms with E-state index in [1.165, 1.54) is 0 Å². The monoisotopic (exact) mass is 609 g/mol. The SMILES string of the molecule is CCc1cnn2cc(-c3cc(-c4nc5cc(C)c([C@H](OC(C)(C)C)C(C)=O)c(-c6ccc(Cl)cc6)c5s4)ccn3)cnc12. The van der Waals surface area contributed by atoms with Gasteiger partial charge in [-0.2, -0.15) is 5.10 Å². The predicted octanol–water partition coefficient (Wildman–Crippen LogP) is 8.70. The Bertz CT molecular complexity index is 1990. The van der Waals surface area contributed by atoms with Crippen LogP contribution in [-0.4, -0.2) is 36.0 Å².